The van der Waals surface area contributed by atoms with Crippen molar-refractivity contribution >= 4 is 40.7 Å². The lowest BCUT2D eigenvalue weighted by molar-refractivity contribution is -0.161. The van der Waals surface area contributed by atoms with Gasteiger partial charge in [0.15, 0.2) is 0 Å². The number of likely N-dealkylation sites (N-methyl/N-ethyl adjacent to an activating group) is 1. The summed E-state index contributed by atoms with van der Waals surface area (Å²) in [6.45, 7) is 9.15. The van der Waals surface area contributed by atoms with E-state index in [9.17, 15) is 29.1 Å². The number of carbonyl (C=O) groups excluding carboxylic acids is 5. The number of nitrogens with one attached hydrogen (secondary N) is 1. The second kappa shape index (κ2) is 23.2. The third-order valence-corrected chi connectivity index (χ3v) is 11.8. The van der Waals surface area contributed by atoms with E-state index in [1.807, 2.05) is 75.4 Å². The van der Waals surface area contributed by atoms with Crippen molar-refractivity contribution in [2.75, 3.05) is 59.9 Å². The van der Waals surface area contributed by atoms with E-state index in [0.717, 1.165) is 33.6 Å². The van der Waals surface area contributed by atoms with Crippen LogP contribution in [0.4, 0.5) is 0 Å². The van der Waals surface area contributed by atoms with Crippen LogP contribution in [-0.2, 0) is 55.8 Å². The smallest absolute Gasteiger partial charge is 0.255 e. The number of piperidine rings is 1. The third kappa shape index (κ3) is 13.6. The summed E-state index contributed by atoms with van der Waals surface area (Å²) in [7, 11) is 1.69. The molecule has 0 spiro atoms. The normalized spacial score (nSPS) is 18.2. The molecule has 0 aromatic heterocycles. The zero-order chi connectivity index (χ0) is 49.1. The van der Waals surface area contributed by atoms with Crippen molar-refractivity contribution in [3.8, 4) is 11.5 Å². The van der Waals surface area contributed by atoms with Crippen molar-refractivity contribution in [2.24, 2.45) is 0 Å². The average Bonchev–Trinajstić information content (AvgIpc) is 3.98. The minimum absolute atomic E-state index is 0.0815. The van der Waals surface area contributed by atoms with E-state index in [1.165, 1.54) is 10.5 Å². The highest BCUT2D eigenvalue weighted by atomic mass is 16.9. The van der Waals surface area contributed by atoms with Crippen molar-refractivity contribution in [3.63, 3.8) is 0 Å². The fourth-order valence-electron chi connectivity index (χ4n) is 8.24. The van der Waals surface area contributed by atoms with Gasteiger partial charge in [-0.15, -0.1) is 0 Å². The molecule has 2 fully saturated rings. The molecular formula is C53H62N4O12. The van der Waals surface area contributed by atoms with Gasteiger partial charge in [-0.05, 0) is 103 Å². The molecule has 3 unspecified atom stereocenters. The first kappa shape index (κ1) is 50.4. The van der Waals surface area contributed by atoms with Crippen LogP contribution in [0.3, 0.4) is 0 Å². The zero-order valence-corrected chi connectivity index (χ0v) is 39.9. The highest BCUT2D eigenvalue weighted by Crippen LogP contribution is 2.36. The summed E-state index contributed by atoms with van der Waals surface area (Å²) < 4.78 is 33.8. The number of carbonyl (C=O) groups is 5. The number of likely N-dealkylation sites (tertiary alicyclic amines) is 1. The number of epoxide rings is 1. The number of nitrogens with zero attached hydrogens (tertiary/aromatic N) is 3. The highest BCUT2D eigenvalue weighted by molar-refractivity contribution is 6.05. The number of fused-ring (bicyclic) bond motifs is 1. The Morgan fingerprint density at radius 1 is 0.855 bits per heavy atom. The molecule has 3 aliphatic heterocycles. The number of hydrogen-bond donors (Lipinski definition) is 2. The van der Waals surface area contributed by atoms with Gasteiger partial charge in [0, 0.05) is 32.1 Å². The second-order valence-corrected chi connectivity index (χ2v) is 18.0. The van der Waals surface area contributed by atoms with Gasteiger partial charge < -0.3 is 48.6 Å². The van der Waals surface area contributed by atoms with E-state index in [0.29, 0.717) is 35.6 Å². The van der Waals surface area contributed by atoms with E-state index < -0.39 is 30.1 Å². The summed E-state index contributed by atoms with van der Waals surface area (Å²) in [4.78, 5) is 69.0. The summed E-state index contributed by atoms with van der Waals surface area (Å²) in [5.74, 6) is -0.721. The minimum Gasteiger partial charge on any atom is -0.508 e. The van der Waals surface area contributed by atoms with Crippen LogP contribution in [0.5, 0.6) is 11.5 Å². The molecule has 4 aromatic carbocycles. The molecule has 16 nitrogen and oxygen atoms in total. The fourth-order valence-corrected chi connectivity index (χ4v) is 8.24. The van der Waals surface area contributed by atoms with Gasteiger partial charge in [0.2, 0.25) is 30.3 Å². The Bertz CT molecular complexity index is 2470. The molecule has 2 saturated heterocycles. The van der Waals surface area contributed by atoms with Gasteiger partial charge in [-0.3, -0.25) is 28.9 Å². The molecule has 3 aliphatic rings. The first-order valence-electron chi connectivity index (χ1n) is 23.4. The van der Waals surface area contributed by atoms with Crippen LogP contribution in [0.25, 0.3) is 11.1 Å². The number of aromatic hydroxyl groups is 1. The minimum atomic E-state index is -0.827. The Kier molecular flexibility index (Phi) is 17.0. The van der Waals surface area contributed by atoms with Gasteiger partial charge in [-0.25, -0.2) is 0 Å². The number of phenols is 1. The predicted molar refractivity (Wildman–Crippen MR) is 255 cm³/mol. The fraction of sp³-hybridized carbons (Fsp3) is 0.415. The van der Waals surface area contributed by atoms with Crippen LogP contribution >= 0.6 is 0 Å². The summed E-state index contributed by atoms with van der Waals surface area (Å²) in [5.41, 5.74) is 6.84. The Morgan fingerprint density at radius 2 is 1.57 bits per heavy atom. The summed E-state index contributed by atoms with van der Waals surface area (Å²) in [6, 6.07) is 29.8. The first-order chi connectivity index (χ1) is 33.2. The second-order valence-electron chi connectivity index (χ2n) is 18.0. The molecule has 16 heteroatoms. The van der Waals surface area contributed by atoms with Crippen LogP contribution in [0, 0.1) is 0 Å². The van der Waals surface area contributed by atoms with Gasteiger partial charge >= 0.3 is 0 Å². The van der Waals surface area contributed by atoms with Gasteiger partial charge in [-0.1, -0.05) is 73.7 Å². The molecule has 69 heavy (non-hydrogen) atoms. The standard InChI is InChI=1S/C53H62N4O12/c1-6-42(36-10-8-7-9-11-36)48(37-13-17-40(58)18-14-37)38-15-19-41(20-16-38)66-27-25-55(5)47(61)33-65-29-28-64-26-24-54-45(59)31-35-12-21-43-39(30-35)32-56(49(43)62)44-22-23-46(60)57(50(44)63)34-67-51-52(68-51)69-53(2,3)4/h7-21,30,44,51-52,58H,6,22-29,31-34H2,1-5H3,(H,54,59)/b48-42-. The Hall–Kier alpha value is -6.43. The van der Waals surface area contributed by atoms with E-state index in [-0.39, 0.29) is 94.9 Å². The Labute approximate surface area is 403 Å². The van der Waals surface area contributed by atoms with Crippen LogP contribution < -0.4 is 10.1 Å². The Morgan fingerprint density at radius 3 is 2.28 bits per heavy atom. The van der Waals surface area contributed by atoms with E-state index >= 15 is 0 Å². The van der Waals surface area contributed by atoms with Gasteiger partial charge in [0.1, 0.15) is 37.5 Å². The summed E-state index contributed by atoms with van der Waals surface area (Å²) in [5, 5.41) is 12.8. The molecule has 0 aliphatic carbocycles. The Balaban J connectivity index is 0.761. The summed E-state index contributed by atoms with van der Waals surface area (Å²) in [6.07, 6.45) is -0.0710. The van der Waals surface area contributed by atoms with Crippen molar-refractivity contribution < 1.29 is 57.5 Å². The molecule has 4 aromatic rings. The topological polar surface area (TPSA) is 186 Å². The molecular weight excluding hydrogens is 885 g/mol. The van der Waals surface area contributed by atoms with Gasteiger partial charge in [-0.2, -0.15) is 0 Å². The van der Waals surface area contributed by atoms with Crippen LogP contribution in [0.2, 0.25) is 0 Å². The molecule has 3 heterocycles. The number of benzene rings is 4. The largest absolute Gasteiger partial charge is 0.508 e. The predicted octanol–water partition coefficient (Wildman–Crippen LogP) is 5.94. The van der Waals surface area contributed by atoms with Gasteiger partial charge in [0.25, 0.3) is 11.8 Å². The maximum absolute atomic E-state index is 13.5. The lowest BCUT2D eigenvalue weighted by Crippen LogP contribution is -2.55. The number of amides is 5. The van der Waals surface area contributed by atoms with E-state index in [1.54, 1.807) is 42.3 Å². The van der Waals surface area contributed by atoms with Crippen LogP contribution in [0.1, 0.15) is 85.1 Å². The molecule has 0 bridgehead atoms. The molecule has 3 atom stereocenters. The number of imide groups is 1. The van der Waals surface area contributed by atoms with Crippen molar-refractivity contribution in [1.82, 2.24) is 20.0 Å². The van der Waals surface area contributed by atoms with Crippen molar-refractivity contribution in [1.29, 1.82) is 0 Å². The monoisotopic (exact) mass is 946 g/mol. The molecule has 366 valence electrons. The van der Waals surface area contributed by atoms with E-state index in [2.05, 4.69) is 24.4 Å². The number of allylic oxidation sites excluding steroid dienone is 1. The van der Waals surface area contributed by atoms with Crippen molar-refractivity contribution in [3.05, 3.63) is 130 Å². The maximum atomic E-state index is 13.5. The first-order valence-corrected chi connectivity index (χ1v) is 23.4. The summed E-state index contributed by atoms with van der Waals surface area (Å²) >= 11 is 0. The molecule has 0 saturated carbocycles. The van der Waals surface area contributed by atoms with Crippen molar-refractivity contribution in [2.45, 2.75) is 84.1 Å². The lowest BCUT2D eigenvalue weighted by Gasteiger charge is -2.35. The average molecular weight is 947 g/mol. The molecule has 7 rings (SSSR count). The molecule has 2 N–H and O–H groups in total. The third-order valence-electron chi connectivity index (χ3n) is 11.8. The quantitative estimate of drug-likeness (QED) is 0.0387. The van der Waals surface area contributed by atoms with Crippen LogP contribution in [-0.4, -0.2) is 133 Å². The SMILES string of the molecule is CC/C(=C(\c1ccc(O)cc1)c1ccc(OCCN(C)C(=O)COCCOCCNC(=O)Cc2ccc3c(c2)CN(C2CCC(=O)N(COC4OC4OC(C)(C)C)C2=O)C3=O)cc1)c1ccccc1. The molecule has 0 radical (unpaired) electrons. The number of hydrogen-bond acceptors (Lipinski definition) is 12. The molecule has 5 amide bonds. The number of phenolic OH excluding ortho intramolecular Hbond substituents is 1. The number of ether oxygens (including phenoxy) is 6. The van der Waals surface area contributed by atoms with Crippen LogP contribution in [0.15, 0.2) is 97.1 Å². The zero-order valence-electron chi connectivity index (χ0n) is 39.9. The van der Waals surface area contributed by atoms with E-state index in [4.69, 9.17) is 28.4 Å². The number of rotatable bonds is 23. The highest BCUT2D eigenvalue weighted by Gasteiger charge is 2.47. The lowest BCUT2D eigenvalue weighted by atomic mass is 9.88. The van der Waals surface area contributed by atoms with Gasteiger partial charge in [0.05, 0.1) is 38.4 Å². The maximum Gasteiger partial charge on any atom is 0.255 e.